The third kappa shape index (κ3) is 12.2. The van der Waals surface area contributed by atoms with Gasteiger partial charge < -0.3 is 10.2 Å². The van der Waals surface area contributed by atoms with Crippen LogP contribution in [-0.4, -0.2) is 22.4 Å². The van der Waals surface area contributed by atoms with E-state index in [1.54, 1.807) is 0 Å². The van der Waals surface area contributed by atoms with Crippen LogP contribution in [0.15, 0.2) is 0 Å². The second-order valence-electron chi connectivity index (χ2n) is 5.23. The second kappa shape index (κ2) is 12.4. The summed E-state index contributed by atoms with van der Waals surface area (Å²) in [6, 6.07) is 0. The topological polar surface area (TPSA) is 40.5 Å². The van der Waals surface area contributed by atoms with Crippen LogP contribution in [0.3, 0.4) is 0 Å². The smallest absolute Gasteiger partial charge is 0.0540 e. The molecule has 0 aliphatic heterocycles. The maximum atomic E-state index is 9.72. The average molecular weight is 244 g/mol. The Morgan fingerprint density at radius 2 is 1.06 bits per heavy atom. The van der Waals surface area contributed by atoms with Crippen molar-refractivity contribution in [1.82, 2.24) is 0 Å². The molecule has 0 fully saturated rings. The van der Waals surface area contributed by atoms with E-state index in [0.717, 1.165) is 57.8 Å². The number of aliphatic hydroxyl groups is 2. The van der Waals surface area contributed by atoms with Crippen molar-refractivity contribution in [3.05, 3.63) is 0 Å². The van der Waals surface area contributed by atoms with Gasteiger partial charge in [0.05, 0.1) is 12.2 Å². The van der Waals surface area contributed by atoms with Crippen LogP contribution in [0.5, 0.6) is 0 Å². The Kier molecular flexibility index (Phi) is 12.3. The van der Waals surface area contributed by atoms with Crippen molar-refractivity contribution in [2.75, 3.05) is 0 Å². The van der Waals surface area contributed by atoms with Crippen LogP contribution in [-0.2, 0) is 0 Å². The fourth-order valence-electron chi connectivity index (χ4n) is 2.19. The summed E-state index contributed by atoms with van der Waals surface area (Å²) in [6.07, 6.45) is 11.6. The third-order valence-corrected chi connectivity index (χ3v) is 3.34. The molecule has 0 aromatic rings. The van der Waals surface area contributed by atoms with Crippen LogP contribution >= 0.6 is 0 Å². The first-order chi connectivity index (χ1) is 8.20. The Labute approximate surface area is 107 Å². The fraction of sp³-hybridized carbons (Fsp3) is 1.00. The molecule has 0 aliphatic rings. The molecule has 2 atom stereocenters. The van der Waals surface area contributed by atoms with Crippen LogP contribution in [0, 0.1) is 0 Å². The molecular weight excluding hydrogens is 212 g/mol. The number of aliphatic hydroxyl groups excluding tert-OH is 2. The van der Waals surface area contributed by atoms with Gasteiger partial charge in [0.15, 0.2) is 0 Å². The van der Waals surface area contributed by atoms with Crippen LogP contribution < -0.4 is 0 Å². The van der Waals surface area contributed by atoms with Crippen LogP contribution in [0.2, 0.25) is 0 Å². The molecule has 2 unspecified atom stereocenters. The van der Waals surface area contributed by atoms with E-state index in [0.29, 0.717) is 0 Å². The van der Waals surface area contributed by atoms with Gasteiger partial charge in [-0.15, -0.1) is 0 Å². The van der Waals surface area contributed by atoms with Gasteiger partial charge in [0.1, 0.15) is 0 Å². The van der Waals surface area contributed by atoms with Crippen molar-refractivity contribution in [3.63, 3.8) is 0 Å². The van der Waals surface area contributed by atoms with E-state index >= 15 is 0 Å². The summed E-state index contributed by atoms with van der Waals surface area (Å²) in [5.74, 6) is 0. The van der Waals surface area contributed by atoms with Gasteiger partial charge in [-0.1, -0.05) is 58.8 Å². The highest BCUT2D eigenvalue weighted by molar-refractivity contribution is 4.59. The van der Waals surface area contributed by atoms with Gasteiger partial charge in [-0.05, 0) is 25.7 Å². The van der Waals surface area contributed by atoms with Gasteiger partial charge in [0, 0.05) is 0 Å². The van der Waals surface area contributed by atoms with Gasteiger partial charge in [0.2, 0.25) is 0 Å². The summed E-state index contributed by atoms with van der Waals surface area (Å²) in [5, 5.41) is 19.3. The zero-order chi connectivity index (χ0) is 12.9. The second-order valence-corrected chi connectivity index (χ2v) is 5.23. The summed E-state index contributed by atoms with van der Waals surface area (Å²) >= 11 is 0. The van der Waals surface area contributed by atoms with E-state index < -0.39 is 0 Å². The highest BCUT2D eigenvalue weighted by Crippen LogP contribution is 2.13. The number of hydrogen-bond donors (Lipinski definition) is 2. The molecule has 0 radical (unpaired) electrons. The Morgan fingerprint density at radius 1 is 0.588 bits per heavy atom. The largest absolute Gasteiger partial charge is 0.393 e. The monoisotopic (exact) mass is 244 g/mol. The maximum absolute atomic E-state index is 9.72. The summed E-state index contributed by atoms with van der Waals surface area (Å²) in [4.78, 5) is 0. The number of rotatable bonds is 12. The van der Waals surface area contributed by atoms with Crippen molar-refractivity contribution in [3.8, 4) is 0 Å². The van der Waals surface area contributed by atoms with Gasteiger partial charge in [-0.25, -0.2) is 0 Å². The first-order valence-electron chi connectivity index (χ1n) is 7.56. The fourth-order valence-corrected chi connectivity index (χ4v) is 2.19. The lowest BCUT2D eigenvalue weighted by Gasteiger charge is -2.11. The van der Waals surface area contributed by atoms with Gasteiger partial charge >= 0.3 is 0 Å². The molecule has 0 bridgehead atoms. The number of hydrogen-bond acceptors (Lipinski definition) is 2. The molecular formula is C15H32O2. The zero-order valence-corrected chi connectivity index (χ0v) is 11.8. The van der Waals surface area contributed by atoms with Crippen molar-refractivity contribution in [2.45, 2.75) is 96.7 Å². The molecule has 2 heteroatoms. The molecule has 0 spiro atoms. The molecule has 0 heterocycles. The van der Waals surface area contributed by atoms with E-state index in [-0.39, 0.29) is 12.2 Å². The summed E-state index contributed by atoms with van der Waals surface area (Å²) in [5.41, 5.74) is 0. The van der Waals surface area contributed by atoms with Crippen molar-refractivity contribution in [1.29, 1.82) is 0 Å². The van der Waals surface area contributed by atoms with E-state index in [4.69, 9.17) is 0 Å². The lowest BCUT2D eigenvalue weighted by atomic mass is 10.0. The molecule has 0 aromatic carbocycles. The quantitative estimate of drug-likeness (QED) is 0.509. The molecule has 17 heavy (non-hydrogen) atoms. The first kappa shape index (κ1) is 16.9. The minimum absolute atomic E-state index is 0.0953. The van der Waals surface area contributed by atoms with Gasteiger partial charge in [-0.3, -0.25) is 0 Å². The Balaban J connectivity index is 3.21. The van der Waals surface area contributed by atoms with Crippen LogP contribution in [0.1, 0.15) is 84.5 Å². The zero-order valence-electron chi connectivity index (χ0n) is 11.8. The van der Waals surface area contributed by atoms with Crippen molar-refractivity contribution >= 4 is 0 Å². The minimum Gasteiger partial charge on any atom is -0.393 e. The summed E-state index contributed by atoms with van der Waals surface area (Å²) in [6.45, 7) is 4.30. The highest BCUT2D eigenvalue weighted by Gasteiger charge is 2.05. The van der Waals surface area contributed by atoms with Gasteiger partial charge in [0.25, 0.3) is 0 Å². The Bertz CT molecular complexity index is 148. The van der Waals surface area contributed by atoms with Crippen molar-refractivity contribution < 1.29 is 10.2 Å². The lowest BCUT2D eigenvalue weighted by molar-refractivity contribution is 0.140. The van der Waals surface area contributed by atoms with E-state index in [1.165, 1.54) is 12.8 Å². The summed E-state index contributed by atoms with van der Waals surface area (Å²) < 4.78 is 0. The predicted octanol–water partition coefficient (Wildman–Crippen LogP) is 4.04. The third-order valence-electron chi connectivity index (χ3n) is 3.34. The van der Waals surface area contributed by atoms with Gasteiger partial charge in [-0.2, -0.15) is 0 Å². The standard InChI is InChI=1S/C15H32O2/c1-3-5-7-11-15(17)13-9-6-8-12-14(16)10-4-2/h14-17H,3-13H2,1-2H3. The molecule has 2 nitrogen and oxygen atoms in total. The molecule has 0 saturated carbocycles. The average Bonchev–Trinajstić information content (AvgIpc) is 2.29. The number of unbranched alkanes of at least 4 members (excludes halogenated alkanes) is 4. The molecule has 0 saturated heterocycles. The molecule has 0 aliphatic carbocycles. The predicted molar refractivity (Wildman–Crippen MR) is 74.1 cm³/mol. The summed E-state index contributed by atoms with van der Waals surface area (Å²) in [7, 11) is 0. The normalized spacial score (nSPS) is 14.8. The SMILES string of the molecule is CCCCCC(O)CCCCCC(O)CCC. The lowest BCUT2D eigenvalue weighted by Crippen LogP contribution is -2.07. The molecule has 2 N–H and O–H groups in total. The minimum atomic E-state index is -0.102. The Hall–Kier alpha value is -0.0800. The van der Waals surface area contributed by atoms with E-state index in [1.807, 2.05) is 0 Å². The van der Waals surface area contributed by atoms with Crippen molar-refractivity contribution in [2.24, 2.45) is 0 Å². The first-order valence-corrected chi connectivity index (χ1v) is 7.56. The molecule has 104 valence electrons. The maximum Gasteiger partial charge on any atom is 0.0540 e. The van der Waals surface area contributed by atoms with Crippen LogP contribution in [0.25, 0.3) is 0 Å². The highest BCUT2D eigenvalue weighted by atomic mass is 16.3. The van der Waals surface area contributed by atoms with E-state index in [9.17, 15) is 10.2 Å². The Morgan fingerprint density at radius 3 is 1.53 bits per heavy atom. The molecule has 0 amide bonds. The molecule has 0 rings (SSSR count). The van der Waals surface area contributed by atoms with Crippen LogP contribution in [0.4, 0.5) is 0 Å². The molecule has 0 aromatic heterocycles. The van der Waals surface area contributed by atoms with E-state index in [2.05, 4.69) is 13.8 Å².